The molecule has 0 bridgehead atoms. The zero-order valence-corrected chi connectivity index (χ0v) is 11.2. The fraction of sp³-hybridized carbons (Fsp3) is 0.667. The Morgan fingerprint density at radius 2 is 2.18 bits per heavy atom. The number of methoxy groups -OCH3 is 1. The summed E-state index contributed by atoms with van der Waals surface area (Å²) in [6.45, 7) is 6.74. The number of carbonyl (C=O) groups excluding carboxylic acids is 1. The third kappa shape index (κ3) is 3.30. The molecule has 1 aromatic heterocycles. The Balaban J connectivity index is 2.58. The van der Waals surface area contributed by atoms with Crippen LogP contribution in [0.15, 0.2) is 0 Å². The molecule has 1 heterocycles. The van der Waals surface area contributed by atoms with E-state index in [1.165, 1.54) is 12.7 Å². The van der Waals surface area contributed by atoms with Gasteiger partial charge in [-0.15, -0.1) is 0 Å². The van der Waals surface area contributed by atoms with Gasteiger partial charge in [0, 0.05) is 30.9 Å². The van der Waals surface area contributed by atoms with Crippen LogP contribution < -0.4 is 5.32 Å². The number of esters is 1. The molecule has 0 saturated heterocycles. The van der Waals surface area contributed by atoms with Gasteiger partial charge in [-0.3, -0.25) is 9.48 Å². The Morgan fingerprint density at radius 3 is 2.65 bits per heavy atom. The number of nitrogens with zero attached hydrogens (tertiary/aromatic N) is 2. The maximum atomic E-state index is 11.0. The number of carbonyl (C=O) groups is 1. The van der Waals surface area contributed by atoms with Gasteiger partial charge in [0.25, 0.3) is 0 Å². The minimum atomic E-state index is -0.190. The van der Waals surface area contributed by atoms with Gasteiger partial charge >= 0.3 is 5.97 Å². The Labute approximate surface area is 102 Å². The minimum Gasteiger partial charge on any atom is -0.469 e. The molecular formula is C12H21N3O2. The number of rotatable bonds is 5. The van der Waals surface area contributed by atoms with E-state index >= 15 is 0 Å². The number of hydrogen-bond acceptors (Lipinski definition) is 4. The molecule has 5 nitrogen and oxygen atoms in total. The second-order valence-corrected chi connectivity index (χ2v) is 4.21. The molecule has 17 heavy (non-hydrogen) atoms. The van der Waals surface area contributed by atoms with Gasteiger partial charge in [-0.1, -0.05) is 0 Å². The molecule has 0 aliphatic carbocycles. The standard InChI is InChI=1S/C12H21N3O2/c1-8(13-7-6-11(16)17-5)12-9(2)14-15(4)10(12)3/h8,13H,6-7H2,1-5H3. The topological polar surface area (TPSA) is 56.1 Å². The number of hydrogen-bond donors (Lipinski definition) is 1. The van der Waals surface area contributed by atoms with Crippen LogP contribution >= 0.6 is 0 Å². The third-order valence-corrected chi connectivity index (χ3v) is 3.01. The molecule has 0 aliphatic rings. The second kappa shape index (κ2) is 5.82. The Kier molecular flexibility index (Phi) is 4.69. The van der Waals surface area contributed by atoms with Crippen molar-refractivity contribution in [3.63, 3.8) is 0 Å². The van der Waals surface area contributed by atoms with E-state index in [1.807, 2.05) is 25.6 Å². The molecule has 96 valence electrons. The summed E-state index contributed by atoms with van der Waals surface area (Å²) in [6.07, 6.45) is 0.388. The summed E-state index contributed by atoms with van der Waals surface area (Å²) in [6, 6.07) is 0.188. The first-order valence-electron chi connectivity index (χ1n) is 5.77. The molecule has 0 radical (unpaired) electrons. The van der Waals surface area contributed by atoms with Gasteiger partial charge < -0.3 is 10.1 Å². The van der Waals surface area contributed by atoms with Crippen molar-refractivity contribution >= 4 is 5.97 Å². The number of aryl methyl sites for hydroxylation is 2. The summed E-state index contributed by atoms with van der Waals surface area (Å²) in [7, 11) is 3.34. The monoisotopic (exact) mass is 239 g/mol. The van der Waals surface area contributed by atoms with Crippen molar-refractivity contribution in [3.8, 4) is 0 Å². The average molecular weight is 239 g/mol. The van der Waals surface area contributed by atoms with E-state index in [9.17, 15) is 4.79 Å². The first-order chi connectivity index (χ1) is 7.97. The summed E-state index contributed by atoms with van der Waals surface area (Å²) < 4.78 is 6.47. The van der Waals surface area contributed by atoms with E-state index in [1.54, 1.807) is 0 Å². The summed E-state index contributed by atoms with van der Waals surface area (Å²) in [5.41, 5.74) is 3.39. The SMILES string of the molecule is COC(=O)CCNC(C)c1c(C)nn(C)c1C. The summed E-state index contributed by atoms with van der Waals surface area (Å²) in [4.78, 5) is 11.0. The molecule has 0 aliphatic heterocycles. The highest BCUT2D eigenvalue weighted by atomic mass is 16.5. The van der Waals surface area contributed by atoms with Crippen LogP contribution in [0, 0.1) is 13.8 Å². The van der Waals surface area contributed by atoms with Crippen LogP contribution in [0.25, 0.3) is 0 Å². The highest BCUT2D eigenvalue weighted by Crippen LogP contribution is 2.20. The molecule has 0 fully saturated rings. The first-order valence-corrected chi connectivity index (χ1v) is 5.77. The smallest absolute Gasteiger partial charge is 0.306 e. The molecule has 1 atom stereocenters. The normalized spacial score (nSPS) is 12.5. The summed E-state index contributed by atoms with van der Waals surface area (Å²) in [5.74, 6) is -0.190. The van der Waals surface area contributed by atoms with Crippen LogP contribution in [0.1, 0.15) is 36.3 Å². The molecule has 5 heteroatoms. The average Bonchev–Trinajstić information content (AvgIpc) is 2.52. The van der Waals surface area contributed by atoms with Crippen molar-refractivity contribution in [1.82, 2.24) is 15.1 Å². The highest BCUT2D eigenvalue weighted by Gasteiger charge is 2.15. The van der Waals surface area contributed by atoms with Crippen LogP contribution in [0.4, 0.5) is 0 Å². The van der Waals surface area contributed by atoms with E-state index in [0.717, 1.165) is 11.4 Å². The molecule has 1 unspecified atom stereocenters. The van der Waals surface area contributed by atoms with Crippen molar-refractivity contribution in [2.24, 2.45) is 7.05 Å². The molecule has 1 aromatic rings. The Bertz CT molecular complexity index is 399. The largest absolute Gasteiger partial charge is 0.469 e. The van der Waals surface area contributed by atoms with Gasteiger partial charge in [-0.05, 0) is 20.8 Å². The van der Waals surface area contributed by atoms with Crippen molar-refractivity contribution < 1.29 is 9.53 Å². The first kappa shape index (κ1) is 13.7. The Morgan fingerprint density at radius 1 is 1.53 bits per heavy atom. The third-order valence-electron chi connectivity index (χ3n) is 3.01. The quantitative estimate of drug-likeness (QED) is 0.786. The number of ether oxygens (including phenoxy) is 1. The molecule has 1 rings (SSSR count). The van der Waals surface area contributed by atoms with E-state index in [-0.39, 0.29) is 12.0 Å². The van der Waals surface area contributed by atoms with E-state index in [0.29, 0.717) is 13.0 Å². The highest BCUT2D eigenvalue weighted by molar-refractivity contribution is 5.69. The number of aromatic nitrogens is 2. The lowest BCUT2D eigenvalue weighted by atomic mass is 10.1. The molecule has 0 saturated carbocycles. The minimum absolute atomic E-state index is 0.188. The summed E-state index contributed by atoms with van der Waals surface area (Å²) in [5, 5.41) is 7.68. The predicted octanol–water partition coefficient (Wildman–Crippen LogP) is 1.25. The fourth-order valence-electron chi connectivity index (χ4n) is 2.01. The van der Waals surface area contributed by atoms with E-state index < -0.39 is 0 Å². The lowest BCUT2D eigenvalue weighted by molar-refractivity contribution is -0.140. The lowest BCUT2D eigenvalue weighted by Crippen LogP contribution is -2.23. The van der Waals surface area contributed by atoms with Gasteiger partial charge in [-0.2, -0.15) is 5.10 Å². The van der Waals surface area contributed by atoms with Crippen LogP contribution in [0.3, 0.4) is 0 Å². The van der Waals surface area contributed by atoms with Gasteiger partial charge in [0.2, 0.25) is 0 Å². The second-order valence-electron chi connectivity index (χ2n) is 4.21. The van der Waals surface area contributed by atoms with Crippen LogP contribution in [-0.2, 0) is 16.6 Å². The zero-order chi connectivity index (χ0) is 13.0. The van der Waals surface area contributed by atoms with Gasteiger partial charge in [0.1, 0.15) is 0 Å². The van der Waals surface area contributed by atoms with Crippen LogP contribution in [0.5, 0.6) is 0 Å². The van der Waals surface area contributed by atoms with Crippen molar-refractivity contribution in [2.45, 2.75) is 33.2 Å². The van der Waals surface area contributed by atoms with Crippen LogP contribution in [0.2, 0.25) is 0 Å². The van der Waals surface area contributed by atoms with Crippen molar-refractivity contribution in [2.75, 3.05) is 13.7 Å². The molecule has 0 amide bonds. The fourth-order valence-corrected chi connectivity index (χ4v) is 2.01. The van der Waals surface area contributed by atoms with Gasteiger partial charge in [0.15, 0.2) is 0 Å². The van der Waals surface area contributed by atoms with E-state index in [4.69, 9.17) is 0 Å². The molecule has 0 aromatic carbocycles. The van der Waals surface area contributed by atoms with Gasteiger partial charge in [-0.25, -0.2) is 0 Å². The predicted molar refractivity (Wildman–Crippen MR) is 65.7 cm³/mol. The maximum absolute atomic E-state index is 11.0. The Hall–Kier alpha value is -1.36. The maximum Gasteiger partial charge on any atom is 0.306 e. The lowest BCUT2D eigenvalue weighted by Gasteiger charge is -2.14. The van der Waals surface area contributed by atoms with Crippen LogP contribution in [-0.4, -0.2) is 29.4 Å². The molecule has 1 N–H and O–H groups in total. The summed E-state index contributed by atoms with van der Waals surface area (Å²) >= 11 is 0. The molecule has 0 spiro atoms. The van der Waals surface area contributed by atoms with E-state index in [2.05, 4.69) is 22.1 Å². The van der Waals surface area contributed by atoms with Gasteiger partial charge in [0.05, 0.1) is 19.2 Å². The van der Waals surface area contributed by atoms with Crippen molar-refractivity contribution in [3.05, 3.63) is 17.0 Å². The zero-order valence-electron chi connectivity index (χ0n) is 11.2. The number of nitrogens with one attached hydrogen (secondary N) is 1. The molecular weight excluding hydrogens is 218 g/mol. The van der Waals surface area contributed by atoms with Crippen molar-refractivity contribution in [1.29, 1.82) is 0 Å².